The molecule has 134 valence electrons. The molecule has 0 unspecified atom stereocenters. The van der Waals surface area contributed by atoms with Crippen molar-refractivity contribution in [2.45, 2.75) is 39.7 Å². The maximum atomic E-state index is 12.2. The Bertz CT molecular complexity index is 525. The zero-order valence-corrected chi connectivity index (χ0v) is 15.1. The molecule has 1 N–H and O–H groups in total. The first-order valence-electron chi connectivity index (χ1n) is 8.96. The molecule has 1 aliphatic heterocycles. The summed E-state index contributed by atoms with van der Waals surface area (Å²) in [5.74, 6) is 2.14. The standard InChI is InChI=1S/C19H30N2O3/c1-4-23-17-7-6-16(12-18(17)24-5-2)14-20-19(22)13-15-8-10-21(3)11-9-15/h6-7,12,15H,4-5,8-11,13-14H2,1-3H3,(H,20,22). The minimum Gasteiger partial charge on any atom is -0.490 e. The minimum absolute atomic E-state index is 0.136. The Morgan fingerprint density at radius 3 is 2.50 bits per heavy atom. The Balaban J connectivity index is 1.84. The van der Waals surface area contributed by atoms with Crippen molar-refractivity contribution in [3.8, 4) is 11.5 Å². The lowest BCUT2D eigenvalue weighted by Gasteiger charge is -2.28. The highest BCUT2D eigenvalue weighted by molar-refractivity contribution is 5.76. The van der Waals surface area contributed by atoms with Gasteiger partial charge in [-0.15, -0.1) is 0 Å². The first kappa shape index (κ1) is 18.6. The zero-order chi connectivity index (χ0) is 17.4. The summed E-state index contributed by atoms with van der Waals surface area (Å²) in [4.78, 5) is 14.5. The Hall–Kier alpha value is -1.75. The summed E-state index contributed by atoms with van der Waals surface area (Å²) in [5.41, 5.74) is 1.03. The van der Waals surface area contributed by atoms with Crippen LogP contribution in [-0.2, 0) is 11.3 Å². The summed E-state index contributed by atoms with van der Waals surface area (Å²) in [6, 6.07) is 5.83. The summed E-state index contributed by atoms with van der Waals surface area (Å²) in [6.07, 6.45) is 2.85. The van der Waals surface area contributed by atoms with E-state index in [1.54, 1.807) is 0 Å². The number of amides is 1. The van der Waals surface area contributed by atoms with Crippen molar-refractivity contribution in [1.82, 2.24) is 10.2 Å². The number of piperidine rings is 1. The molecule has 0 radical (unpaired) electrons. The lowest BCUT2D eigenvalue weighted by Crippen LogP contribution is -2.33. The van der Waals surface area contributed by atoms with Crippen molar-refractivity contribution < 1.29 is 14.3 Å². The molecule has 0 spiro atoms. The van der Waals surface area contributed by atoms with E-state index < -0.39 is 0 Å². The SMILES string of the molecule is CCOc1ccc(CNC(=O)CC2CCN(C)CC2)cc1OCC. The molecule has 0 saturated carbocycles. The van der Waals surface area contributed by atoms with E-state index in [-0.39, 0.29) is 5.91 Å². The van der Waals surface area contributed by atoms with Crippen molar-refractivity contribution in [2.24, 2.45) is 5.92 Å². The van der Waals surface area contributed by atoms with Crippen LogP contribution in [0.15, 0.2) is 18.2 Å². The summed E-state index contributed by atoms with van der Waals surface area (Å²) in [5, 5.41) is 3.03. The average Bonchev–Trinajstić information content (AvgIpc) is 2.57. The summed E-state index contributed by atoms with van der Waals surface area (Å²) in [6.45, 7) is 7.80. The van der Waals surface area contributed by atoms with Gasteiger partial charge >= 0.3 is 0 Å². The van der Waals surface area contributed by atoms with Gasteiger partial charge in [-0.3, -0.25) is 4.79 Å². The van der Waals surface area contributed by atoms with E-state index >= 15 is 0 Å². The van der Waals surface area contributed by atoms with Gasteiger partial charge in [0.15, 0.2) is 11.5 Å². The lowest BCUT2D eigenvalue weighted by atomic mass is 9.93. The molecular weight excluding hydrogens is 304 g/mol. The van der Waals surface area contributed by atoms with Crippen molar-refractivity contribution in [3.63, 3.8) is 0 Å². The van der Waals surface area contributed by atoms with Gasteiger partial charge in [0.05, 0.1) is 13.2 Å². The first-order valence-corrected chi connectivity index (χ1v) is 8.96. The van der Waals surface area contributed by atoms with E-state index in [9.17, 15) is 4.79 Å². The molecule has 1 saturated heterocycles. The Morgan fingerprint density at radius 1 is 1.17 bits per heavy atom. The Morgan fingerprint density at radius 2 is 1.83 bits per heavy atom. The van der Waals surface area contributed by atoms with E-state index in [1.165, 1.54) is 0 Å². The molecule has 5 heteroatoms. The molecule has 0 aliphatic carbocycles. The minimum atomic E-state index is 0.136. The quantitative estimate of drug-likeness (QED) is 0.794. The lowest BCUT2D eigenvalue weighted by molar-refractivity contribution is -0.122. The number of carbonyl (C=O) groups excluding carboxylic acids is 1. The summed E-state index contributed by atoms with van der Waals surface area (Å²) < 4.78 is 11.2. The molecule has 0 aromatic heterocycles. The molecule has 1 fully saturated rings. The number of carbonyl (C=O) groups is 1. The molecule has 24 heavy (non-hydrogen) atoms. The molecule has 0 bridgehead atoms. The molecule has 1 heterocycles. The van der Waals surface area contributed by atoms with E-state index in [1.807, 2.05) is 32.0 Å². The number of benzene rings is 1. The molecule has 0 atom stereocenters. The number of ether oxygens (including phenoxy) is 2. The normalized spacial score (nSPS) is 16.0. The average molecular weight is 334 g/mol. The highest BCUT2D eigenvalue weighted by Crippen LogP contribution is 2.28. The van der Waals surface area contributed by atoms with Gasteiger partial charge in [-0.2, -0.15) is 0 Å². The van der Waals surface area contributed by atoms with Gasteiger partial charge < -0.3 is 19.7 Å². The predicted molar refractivity (Wildman–Crippen MR) is 95.5 cm³/mol. The van der Waals surface area contributed by atoms with Crippen molar-refractivity contribution >= 4 is 5.91 Å². The van der Waals surface area contributed by atoms with Gasteiger partial charge in [0, 0.05) is 13.0 Å². The van der Waals surface area contributed by atoms with Crippen LogP contribution in [0.3, 0.4) is 0 Å². The third-order valence-electron chi connectivity index (χ3n) is 4.41. The molecule has 1 aliphatic rings. The summed E-state index contributed by atoms with van der Waals surface area (Å²) >= 11 is 0. The fourth-order valence-electron chi connectivity index (χ4n) is 3.01. The number of rotatable bonds is 8. The topological polar surface area (TPSA) is 50.8 Å². The van der Waals surface area contributed by atoms with Crippen LogP contribution in [0.1, 0.15) is 38.7 Å². The van der Waals surface area contributed by atoms with Crippen molar-refractivity contribution in [1.29, 1.82) is 0 Å². The monoisotopic (exact) mass is 334 g/mol. The van der Waals surface area contributed by atoms with Crippen LogP contribution in [0.4, 0.5) is 0 Å². The van der Waals surface area contributed by atoms with E-state index in [0.717, 1.165) is 43.0 Å². The highest BCUT2D eigenvalue weighted by atomic mass is 16.5. The van der Waals surface area contributed by atoms with Crippen LogP contribution in [-0.4, -0.2) is 44.2 Å². The predicted octanol–water partition coefficient (Wildman–Crippen LogP) is 2.83. The van der Waals surface area contributed by atoms with Crippen LogP contribution in [0, 0.1) is 5.92 Å². The Labute approximate surface area is 145 Å². The number of likely N-dealkylation sites (tertiary alicyclic amines) is 1. The van der Waals surface area contributed by atoms with Crippen LogP contribution in [0.25, 0.3) is 0 Å². The first-order chi connectivity index (χ1) is 11.6. The van der Waals surface area contributed by atoms with Gasteiger partial charge in [0.2, 0.25) is 5.91 Å². The third-order valence-corrected chi connectivity index (χ3v) is 4.41. The molecule has 1 amide bonds. The number of hydrogen-bond donors (Lipinski definition) is 1. The maximum Gasteiger partial charge on any atom is 0.220 e. The van der Waals surface area contributed by atoms with Gasteiger partial charge in [-0.25, -0.2) is 0 Å². The van der Waals surface area contributed by atoms with E-state index in [0.29, 0.717) is 32.1 Å². The third kappa shape index (κ3) is 5.71. The molecule has 1 aromatic carbocycles. The second-order valence-electron chi connectivity index (χ2n) is 6.37. The van der Waals surface area contributed by atoms with Crippen molar-refractivity contribution in [2.75, 3.05) is 33.4 Å². The molecule has 2 rings (SSSR count). The molecule has 1 aromatic rings. The van der Waals surface area contributed by atoms with Gasteiger partial charge in [0.1, 0.15) is 0 Å². The largest absolute Gasteiger partial charge is 0.490 e. The molecular formula is C19H30N2O3. The van der Waals surface area contributed by atoms with Crippen LogP contribution >= 0.6 is 0 Å². The zero-order valence-electron chi connectivity index (χ0n) is 15.1. The number of hydrogen-bond acceptors (Lipinski definition) is 4. The van der Waals surface area contributed by atoms with Crippen LogP contribution in [0.2, 0.25) is 0 Å². The summed E-state index contributed by atoms with van der Waals surface area (Å²) in [7, 11) is 2.14. The fraction of sp³-hybridized carbons (Fsp3) is 0.632. The fourth-order valence-corrected chi connectivity index (χ4v) is 3.01. The van der Waals surface area contributed by atoms with E-state index in [4.69, 9.17) is 9.47 Å². The highest BCUT2D eigenvalue weighted by Gasteiger charge is 2.19. The van der Waals surface area contributed by atoms with Crippen LogP contribution < -0.4 is 14.8 Å². The number of nitrogens with zero attached hydrogens (tertiary/aromatic N) is 1. The van der Waals surface area contributed by atoms with Gasteiger partial charge in [0.25, 0.3) is 0 Å². The number of nitrogens with one attached hydrogen (secondary N) is 1. The van der Waals surface area contributed by atoms with Crippen molar-refractivity contribution in [3.05, 3.63) is 23.8 Å². The Kier molecular flexibility index (Phi) is 7.37. The van der Waals surface area contributed by atoms with Gasteiger partial charge in [-0.1, -0.05) is 6.07 Å². The maximum absolute atomic E-state index is 12.2. The smallest absolute Gasteiger partial charge is 0.220 e. The molecule has 5 nitrogen and oxygen atoms in total. The van der Waals surface area contributed by atoms with E-state index in [2.05, 4.69) is 17.3 Å². The second kappa shape index (κ2) is 9.52. The van der Waals surface area contributed by atoms with Gasteiger partial charge in [-0.05, 0) is 70.4 Å². The second-order valence-corrected chi connectivity index (χ2v) is 6.37. The van der Waals surface area contributed by atoms with Crippen LogP contribution in [0.5, 0.6) is 11.5 Å².